The standard InChI is InChI=1S/C19H20F3NO/c1-24-18(11-3-2-4-14-23)12-9-16(10-13-18)15-5-7-17(8-6-15)19(20,21)22/h2-8,11,16H,9-10,12-13H2,1H3. The minimum atomic E-state index is -4.29. The molecule has 1 fully saturated rings. The molecule has 0 amide bonds. The summed E-state index contributed by atoms with van der Waals surface area (Å²) >= 11 is 0. The summed E-state index contributed by atoms with van der Waals surface area (Å²) in [4.78, 5) is 0. The first-order valence-corrected chi connectivity index (χ1v) is 7.86. The Balaban J connectivity index is 2.02. The van der Waals surface area contributed by atoms with Gasteiger partial charge in [0.15, 0.2) is 0 Å². The molecular weight excluding hydrogens is 315 g/mol. The number of methoxy groups -OCH3 is 1. The van der Waals surface area contributed by atoms with Crippen LogP contribution in [0.2, 0.25) is 0 Å². The van der Waals surface area contributed by atoms with E-state index >= 15 is 0 Å². The van der Waals surface area contributed by atoms with E-state index in [1.165, 1.54) is 6.08 Å². The van der Waals surface area contributed by atoms with Crippen molar-refractivity contribution in [3.63, 3.8) is 0 Å². The smallest absolute Gasteiger partial charge is 0.374 e. The number of benzene rings is 1. The van der Waals surface area contributed by atoms with Gasteiger partial charge in [0.25, 0.3) is 0 Å². The Labute approximate surface area is 140 Å². The van der Waals surface area contributed by atoms with E-state index in [0.29, 0.717) is 0 Å². The molecule has 1 aliphatic carbocycles. The van der Waals surface area contributed by atoms with Gasteiger partial charge < -0.3 is 4.74 Å². The molecule has 5 heteroatoms. The average molecular weight is 335 g/mol. The minimum Gasteiger partial charge on any atom is -0.374 e. The third-order valence-corrected chi connectivity index (χ3v) is 4.63. The highest BCUT2D eigenvalue weighted by Gasteiger charge is 2.34. The Kier molecular flexibility index (Phi) is 5.84. The third kappa shape index (κ3) is 4.48. The summed E-state index contributed by atoms with van der Waals surface area (Å²) in [5.74, 6) is 0.249. The summed E-state index contributed by atoms with van der Waals surface area (Å²) in [5.41, 5.74) is -0.0241. The largest absolute Gasteiger partial charge is 0.416 e. The molecule has 2 nitrogen and oxygen atoms in total. The Bertz CT molecular complexity index is 630. The Morgan fingerprint density at radius 2 is 1.79 bits per heavy atom. The molecule has 0 spiro atoms. The van der Waals surface area contributed by atoms with E-state index in [9.17, 15) is 13.2 Å². The van der Waals surface area contributed by atoms with E-state index in [1.54, 1.807) is 25.3 Å². The molecule has 0 N–H and O–H groups in total. The second-order valence-corrected chi connectivity index (χ2v) is 6.01. The first kappa shape index (κ1) is 18.3. The van der Waals surface area contributed by atoms with Gasteiger partial charge in [0.05, 0.1) is 17.2 Å². The van der Waals surface area contributed by atoms with Crippen LogP contribution in [0.3, 0.4) is 0 Å². The van der Waals surface area contributed by atoms with Crippen molar-refractivity contribution in [3.05, 3.63) is 59.7 Å². The van der Waals surface area contributed by atoms with Gasteiger partial charge in [0, 0.05) is 13.2 Å². The molecule has 1 saturated carbocycles. The SMILES string of the molecule is COC1(C=CC=CC#N)CCC(c2ccc(C(F)(F)F)cc2)CC1. The van der Waals surface area contributed by atoms with Gasteiger partial charge in [-0.3, -0.25) is 0 Å². The molecule has 24 heavy (non-hydrogen) atoms. The van der Waals surface area contributed by atoms with Gasteiger partial charge in [-0.25, -0.2) is 0 Å². The van der Waals surface area contributed by atoms with Crippen molar-refractivity contribution in [2.24, 2.45) is 0 Å². The maximum Gasteiger partial charge on any atom is 0.416 e. The number of nitrogens with zero attached hydrogens (tertiary/aromatic N) is 1. The van der Waals surface area contributed by atoms with E-state index < -0.39 is 11.7 Å². The number of nitriles is 1. The van der Waals surface area contributed by atoms with Crippen LogP contribution in [0.4, 0.5) is 13.2 Å². The quantitative estimate of drug-likeness (QED) is 0.546. The maximum absolute atomic E-state index is 12.6. The lowest BCUT2D eigenvalue weighted by Gasteiger charge is -2.37. The fraction of sp³-hybridized carbons (Fsp3) is 0.421. The molecular formula is C19H20F3NO. The zero-order chi connectivity index (χ0) is 17.6. The summed E-state index contributed by atoms with van der Waals surface area (Å²) in [6.45, 7) is 0. The van der Waals surface area contributed by atoms with Crippen LogP contribution in [0.1, 0.15) is 42.7 Å². The van der Waals surface area contributed by atoms with Gasteiger partial charge in [-0.05, 0) is 49.3 Å². The molecule has 2 rings (SSSR count). The van der Waals surface area contributed by atoms with Crippen LogP contribution in [0.25, 0.3) is 0 Å². The number of ether oxygens (including phenoxy) is 1. The summed E-state index contributed by atoms with van der Waals surface area (Å²) in [6, 6.07) is 7.40. The van der Waals surface area contributed by atoms with Gasteiger partial charge in [0.1, 0.15) is 0 Å². The Morgan fingerprint density at radius 3 is 2.29 bits per heavy atom. The monoisotopic (exact) mass is 335 g/mol. The van der Waals surface area contributed by atoms with Gasteiger partial charge in [0.2, 0.25) is 0 Å². The van der Waals surface area contributed by atoms with Gasteiger partial charge in [-0.1, -0.05) is 30.4 Å². The fourth-order valence-corrected chi connectivity index (χ4v) is 3.15. The van der Waals surface area contributed by atoms with Crippen molar-refractivity contribution in [2.75, 3.05) is 7.11 Å². The highest BCUT2D eigenvalue weighted by molar-refractivity contribution is 5.28. The van der Waals surface area contributed by atoms with E-state index in [0.717, 1.165) is 43.4 Å². The number of alkyl halides is 3. The lowest BCUT2D eigenvalue weighted by Crippen LogP contribution is -2.33. The topological polar surface area (TPSA) is 33.0 Å². The van der Waals surface area contributed by atoms with Crippen molar-refractivity contribution in [1.29, 1.82) is 5.26 Å². The lowest BCUT2D eigenvalue weighted by atomic mass is 9.75. The zero-order valence-corrected chi connectivity index (χ0v) is 13.5. The summed E-state index contributed by atoms with van der Waals surface area (Å²) in [5, 5.41) is 8.48. The zero-order valence-electron chi connectivity index (χ0n) is 13.5. The van der Waals surface area contributed by atoms with Crippen molar-refractivity contribution in [1.82, 2.24) is 0 Å². The maximum atomic E-state index is 12.6. The van der Waals surface area contributed by atoms with Crippen LogP contribution in [-0.4, -0.2) is 12.7 Å². The lowest BCUT2D eigenvalue weighted by molar-refractivity contribution is -0.137. The second kappa shape index (κ2) is 7.67. The van der Waals surface area contributed by atoms with Crippen molar-refractivity contribution >= 4 is 0 Å². The molecule has 0 aromatic heterocycles. The molecule has 1 aromatic rings. The van der Waals surface area contributed by atoms with E-state index in [-0.39, 0.29) is 11.5 Å². The second-order valence-electron chi connectivity index (χ2n) is 6.01. The summed E-state index contributed by atoms with van der Waals surface area (Å²) < 4.78 is 43.6. The van der Waals surface area contributed by atoms with E-state index in [4.69, 9.17) is 10.00 Å². The van der Waals surface area contributed by atoms with Crippen molar-refractivity contribution in [2.45, 2.75) is 43.4 Å². The average Bonchev–Trinajstić information content (AvgIpc) is 2.59. The van der Waals surface area contributed by atoms with Crippen LogP contribution in [-0.2, 0) is 10.9 Å². The van der Waals surface area contributed by atoms with Crippen LogP contribution in [0, 0.1) is 11.3 Å². The predicted molar refractivity (Wildman–Crippen MR) is 86.3 cm³/mol. The summed E-state index contributed by atoms with van der Waals surface area (Å²) in [6.07, 6.45) is 5.85. The molecule has 128 valence electrons. The molecule has 0 bridgehead atoms. The van der Waals surface area contributed by atoms with Crippen molar-refractivity contribution in [3.8, 4) is 6.07 Å². The van der Waals surface area contributed by atoms with E-state index in [2.05, 4.69) is 0 Å². The normalized spacial score (nSPS) is 25.2. The van der Waals surface area contributed by atoms with Gasteiger partial charge in [-0.2, -0.15) is 18.4 Å². The molecule has 0 heterocycles. The molecule has 0 saturated heterocycles. The Morgan fingerprint density at radius 1 is 1.17 bits per heavy atom. The first-order chi connectivity index (χ1) is 11.4. The first-order valence-electron chi connectivity index (χ1n) is 7.86. The van der Waals surface area contributed by atoms with Crippen LogP contribution < -0.4 is 0 Å². The molecule has 0 aliphatic heterocycles. The van der Waals surface area contributed by atoms with E-state index in [1.807, 2.05) is 18.2 Å². The highest BCUT2D eigenvalue weighted by atomic mass is 19.4. The van der Waals surface area contributed by atoms with Gasteiger partial charge in [-0.15, -0.1) is 0 Å². The highest BCUT2D eigenvalue weighted by Crippen LogP contribution is 2.41. The third-order valence-electron chi connectivity index (χ3n) is 4.63. The van der Waals surface area contributed by atoms with Crippen LogP contribution in [0.15, 0.2) is 48.6 Å². The Hall–Kier alpha value is -2.06. The molecule has 0 radical (unpaired) electrons. The fourth-order valence-electron chi connectivity index (χ4n) is 3.15. The number of hydrogen-bond acceptors (Lipinski definition) is 2. The molecule has 1 aliphatic rings. The number of hydrogen-bond donors (Lipinski definition) is 0. The summed E-state index contributed by atoms with van der Waals surface area (Å²) in [7, 11) is 1.66. The van der Waals surface area contributed by atoms with Crippen molar-refractivity contribution < 1.29 is 17.9 Å². The van der Waals surface area contributed by atoms with Crippen LogP contribution >= 0.6 is 0 Å². The predicted octanol–water partition coefficient (Wildman–Crippen LogP) is 5.38. The molecule has 0 atom stereocenters. The number of allylic oxidation sites excluding steroid dienone is 3. The van der Waals surface area contributed by atoms with Crippen LogP contribution in [0.5, 0.6) is 0 Å². The number of rotatable bonds is 4. The number of halogens is 3. The minimum absolute atomic E-state index is 0.249. The molecule has 1 aromatic carbocycles. The molecule has 0 unspecified atom stereocenters. The van der Waals surface area contributed by atoms with Gasteiger partial charge >= 0.3 is 6.18 Å².